The summed E-state index contributed by atoms with van der Waals surface area (Å²) in [7, 11) is 0. The summed E-state index contributed by atoms with van der Waals surface area (Å²) in [5, 5.41) is 28.6. The summed E-state index contributed by atoms with van der Waals surface area (Å²) in [6.07, 6.45) is 1.23. The van der Waals surface area contributed by atoms with Crippen molar-refractivity contribution in [3.05, 3.63) is 41.1 Å². The lowest BCUT2D eigenvalue weighted by molar-refractivity contribution is 0.0696. The van der Waals surface area contributed by atoms with Crippen LogP contribution in [0.2, 0.25) is 0 Å². The van der Waals surface area contributed by atoms with Crippen molar-refractivity contribution in [1.29, 1.82) is 10.5 Å². The molecule has 0 radical (unpaired) electrons. The van der Waals surface area contributed by atoms with E-state index in [1.165, 1.54) is 12.3 Å². The van der Waals surface area contributed by atoms with E-state index in [1.54, 1.807) is 31.2 Å². The minimum atomic E-state index is -1.02. The molecule has 0 saturated carbocycles. The molecule has 1 aromatic carbocycles. The lowest BCUT2D eigenvalue weighted by Crippen LogP contribution is -2.01. The lowest BCUT2D eigenvalue weighted by Gasteiger charge is -2.04. The Morgan fingerprint density at radius 2 is 2.06 bits per heavy atom. The van der Waals surface area contributed by atoms with Crippen molar-refractivity contribution in [2.24, 2.45) is 0 Å². The summed E-state index contributed by atoms with van der Waals surface area (Å²) in [6.45, 7) is 1.69. The highest BCUT2D eigenvalue weighted by Crippen LogP contribution is 2.15. The molecule has 0 atom stereocenters. The average molecular weight is 227 g/mol. The molecule has 1 rings (SSSR count). The van der Waals surface area contributed by atoms with Crippen LogP contribution in [0.25, 0.3) is 0 Å². The molecule has 0 amide bonds. The van der Waals surface area contributed by atoms with Gasteiger partial charge in [-0.25, -0.2) is 4.79 Å². The molecule has 2 N–H and O–H groups in total. The number of allylic oxidation sites excluding steroid dienone is 1. The molecule has 0 fully saturated rings. The number of hydrogen-bond donors (Lipinski definition) is 2. The van der Waals surface area contributed by atoms with Gasteiger partial charge in [0.05, 0.1) is 5.56 Å². The number of nitrogens with zero attached hydrogens (tertiary/aromatic N) is 2. The molecule has 17 heavy (non-hydrogen) atoms. The van der Waals surface area contributed by atoms with Gasteiger partial charge in [0.15, 0.2) is 0 Å². The van der Waals surface area contributed by atoms with Crippen molar-refractivity contribution in [1.82, 2.24) is 0 Å². The number of benzene rings is 1. The van der Waals surface area contributed by atoms with Crippen LogP contribution in [0.15, 0.2) is 30.0 Å². The van der Waals surface area contributed by atoms with Crippen LogP contribution in [0.1, 0.15) is 15.9 Å². The molecule has 0 aliphatic carbocycles. The Bertz CT molecular complexity index is 546. The Hall–Kier alpha value is -2.79. The summed E-state index contributed by atoms with van der Waals surface area (Å²) in [4.78, 5) is 10.9. The fourth-order valence-corrected chi connectivity index (χ4v) is 1.19. The third-order valence-corrected chi connectivity index (χ3v) is 2.09. The zero-order chi connectivity index (χ0) is 12.8. The molecule has 0 aliphatic rings. The minimum absolute atomic E-state index is 0.0811. The van der Waals surface area contributed by atoms with Crippen molar-refractivity contribution in [3.8, 4) is 12.1 Å². The standard InChI is InChI=1S/C12H9N3O2/c1-8-2-3-10(4-11(8)12(16)17)15-7-9(5-13)6-14/h2-4,7,15H,1H3,(H,16,17). The molecule has 0 aliphatic heterocycles. The largest absolute Gasteiger partial charge is 0.478 e. The van der Waals surface area contributed by atoms with E-state index >= 15 is 0 Å². The van der Waals surface area contributed by atoms with E-state index in [4.69, 9.17) is 15.6 Å². The number of nitriles is 2. The Labute approximate surface area is 98.2 Å². The number of aryl methyl sites for hydroxylation is 1. The van der Waals surface area contributed by atoms with Gasteiger partial charge in [0, 0.05) is 11.9 Å². The predicted molar refractivity (Wildman–Crippen MR) is 61.1 cm³/mol. The summed E-state index contributed by atoms with van der Waals surface area (Å²) in [5.74, 6) is -1.02. The second-order valence-corrected chi connectivity index (χ2v) is 3.26. The van der Waals surface area contributed by atoms with Gasteiger partial charge in [-0.1, -0.05) is 6.07 Å². The Morgan fingerprint density at radius 3 is 2.59 bits per heavy atom. The molecule has 5 heteroatoms. The SMILES string of the molecule is Cc1ccc(NC=C(C#N)C#N)cc1C(=O)O. The van der Waals surface area contributed by atoms with Gasteiger partial charge in [-0.3, -0.25) is 0 Å². The van der Waals surface area contributed by atoms with Crippen LogP contribution >= 0.6 is 0 Å². The van der Waals surface area contributed by atoms with Crippen LogP contribution < -0.4 is 5.32 Å². The van der Waals surface area contributed by atoms with Gasteiger partial charge in [-0.2, -0.15) is 10.5 Å². The van der Waals surface area contributed by atoms with Crippen molar-refractivity contribution >= 4 is 11.7 Å². The number of rotatable bonds is 3. The molecule has 0 unspecified atom stereocenters. The van der Waals surface area contributed by atoms with E-state index in [0.717, 1.165) is 0 Å². The highest BCUT2D eigenvalue weighted by molar-refractivity contribution is 5.90. The van der Waals surface area contributed by atoms with Crippen LogP contribution in [-0.2, 0) is 0 Å². The fraction of sp³-hybridized carbons (Fsp3) is 0.0833. The van der Waals surface area contributed by atoms with E-state index in [2.05, 4.69) is 5.32 Å². The monoisotopic (exact) mass is 227 g/mol. The average Bonchev–Trinajstić information content (AvgIpc) is 2.32. The van der Waals surface area contributed by atoms with Gasteiger partial charge in [-0.05, 0) is 24.6 Å². The van der Waals surface area contributed by atoms with Crippen LogP contribution in [0.3, 0.4) is 0 Å². The number of carboxylic acid groups (broad SMARTS) is 1. The third kappa shape index (κ3) is 3.08. The third-order valence-electron chi connectivity index (χ3n) is 2.09. The highest BCUT2D eigenvalue weighted by Gasteiger charge is 2.07. The first-order chi connectivity index (χ1) is 8.08. The number of carbonyl (C=O) groups is 1. The van der Waals surface area contributed by atoms with E-state index in [-0.39, 0.29) is 11.1 Å². The Balaban J connectivity index is 3.00. The molecule has 1 aromatic rings. The van der Waals surface area contributed by atoms with Gasteiger partial charge in [0.1, 0.15) is 17.7 Å². The van der Waals surface area contributed by atoms with Gasteiger partial charge in [0.2, 0.25) is 0 Å². The Kier molecular flexibility index (Phi) is 3.86. The van der Waals surface area contributed by atoms with Gasteiger partial charge in [-0.15, -0.1) is 0 Å². The van der Waals surface area contributed by atoms with Crippen molar-refractivity contribution < 1.29 is 9.90 Å². The first-order valence-electron chi connectivity index (χ1n) is 4.69. The van der Waals surface area contributed by atoms with E-state index in [0.29, 0.717) is 11.3 Å². The molecule has 5 nitrogen and oxygen atoms in total. The van der Waals surface area contributed by atoms with E-state index < -0.39 is 5.97 Å². The number of hydrogen-bond acceptors (Lipinski definition) is 4. The van der Waals surface area contributed by atoms with Crippen LogP contribution in [-0.4, -0.2) is 11.1 Å². The summed E-state index contributed by atoms with van der Waals surface area (Å²) in [6, 6.07) is 8.15. The summed E-state index contributed by atoms with van der Waals surface area (Å²) >= 11 is 0. The zero-order valence-electron chi connectivity index (χ0n) is 9.06. The molecule has 0 saturated heterocycles. The second kappa shape index (κ2) is 5.34. The normalized spacial score (nSPS) is 8.65. The molecule has 0 spiro atoms. The van der Waals surface area contributed by atoms with Crippen LogP contribution in [0.4, 0.5) is 5.69 Å². The molecule has 0 bridgehead atoms. The maximum atomic E-state index is 10.9. The second-order valence-electron chi connectivity index (χ2n) is 3.26. The van der Waals surface area contributed by atoms with Gasteiger partial charge in [0.25, 0.3) is 0 Å². The minimum Gasteiger partial charge on any atom is -0.478 e. The lowest BCUT2D eigenvalue weighted by atomic mass is 10.1. The van der Waals surface area contributed by atoms with E-state index in [1.807, 2.05) is 0 Å². The molecule has 84 valence electrons. The van der Waals surface area contributed by atoms with E-state index in [9.17, 15) is 4.79 Å². The number of anilines is 1. The topological polar surface area (TPSA) is 96.9 Å². The number of nitrogens with one attached hydrogen (secondary N) is 1. The first-order valence-corrected chi connectivity index (χ1v) is 4.69. The molecular formula is C12H9N3O2. The van der Waals surface area contributed by atoms with Crippen molar-refractivity contribution in [3.63, 3.8) is 0 Å². The van der Waals surface area contributed by atoms with Gasteiger partial charge >= 0.3 is 5.97 Å². The summed E-state index contributed by atoms with van der Waals surface area (Å²) < 4.78 is 0. The zero-order valence-corrected chi connectivity index (χ0v) is 9.06. The highest BCUT2D eigenvalue weighted by atomic mass is 16.4. The Morgan fingerprint density at radius 1 is 1.41 bits per heavy atom. The number of carboxylic acids is 1. The predicted octanol–water partition coefficient (Wildman–Crippen LogP) is 2.04. The molecule has 0 aromatic heterocycles. The van der Waals surface area contributed by atoms with Crippen LogP contribution in [0.5, 0.6) is 0 Å². The van der Waals surface area contributed by atoms with Gasteiger partial charge < -0.3 is 10.4 Å². The molecule has 0 heterocycles. The summed E-state index contributed by atoms with van der Waals surface area (Å²) in [5.41, 5.74) is 1.25. The number of aromatic carboxylic acids is 1. The van der Waals surface area contributed by atoms with Crippen molar-refractivity contribution in [2.75, 3.05) is 5.32 Å². The smallest absolute Gasteiger partial charge is 0.336 e. The maximum absolute atomic E-state index is 10.9. The quantitative estimate of drug-likeness (QED) is 0.770. The maximum Gasteiger partial charge on any atom is 0.336 e. The first kappa shape index (κ1) is 12.3. The fourth-order valence-electron chi connectivity index (χ4n) is 1.19. The van der Waals surface area contributed by atoms with Crippen molar-refractivity contribution in [2.45, 2.75) is 6.92 Å². The van der Waals surface area contributed by atoms with Crippen LogP contribution in [0, 0.1) is 29.6 Å². The molecular weight excluding hydrogens is 218 g/mol.